The maximum Gasteiger partial charge on any atom is 0.255 e. The lowest BCUT2D eigenvalue weighted by Crippen LogP contribution is -2.32. The van der Waals surface area contributed by atoms with Crippen molar-refractivity contribution < 1.29 is 9.53 Å². The standard InChI is InChI=1S/C28H27N5O2/c1-18-13-14-23(19(2)15-18)32-27(34)25-20(3)31-28-29-17-30-33(28)26(25)22-11-7-8-12-24(22)35-16-21-9-5-4-6-10-21/h4-15,17,26H,16H2,1-3H3,(H,32,34)(H,29,30,31)/t26-/m1/s1. The number of nitrogens with zero attached hydrogens (tertiary/aromatic N) is 3. The summed E-state index contributed by atoms with van der Waals surface area (Å²) in [5.41, 5.74) is 6.09. The summed E-state index contributed by atoms with van der Waals surface area (Å²) < 4.78 is 7.98. The Hall–Kier alpha value is -4.39. The van der Waals surface area contributed by atoms with E-state index in [0.29, 0.717) is 23.9 Å². The predicted molar refractivity (Wildman–Crippen MR) is 136 cm³/mol. The fraction of sp³-hybridized carbons (Fsp3) is 0.179. The van der Waals surface area contributed by atoms with Crippen LogP contribution < -0.4 is 15.4 Å². The number of allylic oxidation sites excluding steroid dienone is 1. The summed E-state index contributed by atoms with van der Waals surface area (Å²) in [7, 11) is 0. The van der Waals surface area contributed by atoms with Crippen LogP contribution in [0.4, 0.5) is 11.6 Å². The van der Waals surface area contributed by atoms with Gasteiger partial charge < -0.3 is 15.4 Å². The lowest BCUT2D eigenvalue weighted by atomic mass is 9.94. The van der Waals surface area contributed by atoms with Crippen LogP contribution in [0.3, 0.4) is 0 Å². The van der Waals surface area contributed by atoms with E-state index in [0.717, 1.165) is 33.6 Å². The van der Waals surface area contributed by atoms with Crippen LogP contribution >= 0.6 is 0 Å². The number of carbonyl (C=O) groups excluding carboxylic acids is 1. The van der Waals surface area contributed by atoms with Crippen LogP contribution in [-0.4, -0.2) is 20.7 Å². The second-order valence-electron chi connectivity index (χ2n) is 8.68. The molecule has 0 fully saturated rings. The number of anilines is 2. The van der Waals surface area contributed by atoms with Crippen molar-refractivity contribution in [1.82, 2.24) is 14.8 Å². The van der Waals surface area contributed by atoms with Gasteiger partial charge in [0.25, 0.3) is 5.91 Å². The molecule has 0 unspecified atom stereocenters. The molecule has 5 rings (SSSR count). The molecule has 1 aliphatic rings. The van der Waals surface area contributed by atoms with Gasteiger partial charge in [0.15, 0.2) is 0 Å². The summed E-state index contributed by atoms with van der Waals surface area (Å²) in [6.07, 6.45) is 1.49. The number of ether oxygens (including phenoxy) is 1. The Morgan fingerprint density at radius 3 is 2.60 bits per heavy atom. The van der Waals surface area contributed by atoms with Gasteiger partial charge in [-0.05, 0) is 44.0 Å². The summed E-state index contributed by atoms with van der Waals surface area (Å²) in [6.45, 7) is 6.32. The second-order valence-corrected chi connectivity index (χ2v) is 8.68. The highest BCUT2D eigenvalue weighted by atomic mass is 16.5. The quantitative estimate of drug-likeness (QED) is 0.398. The first-order valence-corrected chi connectivity index (χ1v) is 11.5. The van der Waals surface area contributed by atoms with Crippen molar-refractivity contribution in [2.45, 2.75) is 33.4 Å². The van der Waals surface area contributed by atoms with Gasteiger partial charge in [-0.1, -0.05) is 66.2 Å². The molecule has 1 amide bonds. The van der Waals surface area contributed by atoms with Gasteiger partial charge in [-0.25, -0.2) is 4.68 Å². The molecule has 1 aliphatic heterocycles. The van der Waals surface area contributed by atoms with Crippen LogP contribution in [0, 0.1) is 13.8 Å². The van der Waals surface area contributed by atoms with Crippen LogP contribution in [0.25, 0.3) is 0 Å². The molecule has 7 nitrogen and oxygen atoms in total. The van der Waals surface area contributed by atoms with Crippen LogP contribution in [0.2, 0.25) is 0 Å². The number of benzene rings is 3. The summed E-state index contributed by atoms with van der Waals surface area (Å²) in [5.74, 6) is 1.06. The summed E-state index contributed by atoms with van der Waals surface area (Å²) >= 11 is 0. The molecule has 1 aromatic heterocycles. The lowest BCUT2D eigenvalue weighted by molar-refractivity contribution is -0.113. The number of hydrogen-bond acceptors (Lipinski definition) is 5. The fourth-order valence-electron chi connectivity index (χ4n) is 4.39. The molecule has 0 spiro atoms. The Morgan fingerprint density at radius 2 is 1.80 bits per heavy atom. The van der Waals surface area contributed by atoms with E-state index in [-0.39, 0.29) is 5.91 Å². The molecule has 0 radical (unpaired) electrons. The smallest absolute Gasteiger partial charge is 0.255 e. The topological polar surface area (TPSA) is 81.1 Å². The normalized spacial score (nSPS) is 14.8. The molecule has 0 aliphatic carbocycles. The number of aryl methyl sites for hydroxylation is 2. The van der Waals surface area contributed by atoms with E-state index in [1.54, 1.807) is 4.68 Å². The van der Waals surface area contributed by atoms with Gasteiger partial charge in [0.2, 0.25) is 5.95 Å². The van der Waals surface area contributed by atoms with Crippen LogP contribution in [-0.2, 0) is 11.4 Å². The third kappa shape index (κ3) is 4.53. The van der Waals surface area contributed by atoms with Gasteiger partial charge in [0, 0.05) is 16.9 Å². The monoisotopic (exact) mass is 465 g/mol. The molecule has 0 saturated carbocycles. The fourth-order valence-corrected chi connectivity index (χ4v) is 4.39. The molecule has 1 atom stereocenters. The highest BCUT2D eigenvalue weighted by molar-refractivity contribution is 6.06. The molecule has 176 valence electrons. The first-order chi connectivity index (χ1) is 17.0. The van der Waals surface area contributed by atoms with E-state index >= 15 is 0 Å². The number of carbonyl (C=O) groups is 1. The second kappa shape index (κ2) is 9.46. The van der Waals surface area contributed by atoms with Crippen molar-refractivity contribution in [2.75, 3.05) is 10.6 Å². The van der Waals surface area contributed by atoms with E-state index in [2.05, 4.69) is 26.8 Å². The summed E-state index contributed by atoms with van der Waals surface area (Å²) in [6, 6.07) is 23.2. The van der Waals surface area contributed by atoms with Crippen molar-refractivity contribution in [2.24, 2.45) is 0 Å². The Morgan fingerprint density at radius 1 is 1.03 bits per heavy atom. The minimum Gasteiger partial charge on any atom is -0.489 e. The van der Waals surface area contributed by atoms with Crippen molar-refractivity contribution in [1.29, 1.82) is 0 Å². The third-order valence-corrected chi connectivity index (χ3v) is 6.12. The van der Waals surface area contributed by atoms with Crippen molar-refractivity contribution in [3.63, 3.8) is 0 Å². The molecule has 2 N–H and O–H groups in total. The lowest BCUT2D eigenvalue weighted by Gasteiger charge is -2.30. The Bertz CT molecular complexity index is 1410. The summed E-state index contributed by atoms with van der Waals surface area (Å²) in [5, 5.41) is 10.8. The Labute approximate surface area is 204 Å². The maximum absolute atomic E-state index is 13.7. The van der Waals surface area contributed by atoms with Crippen molar-refractivity contribution >= 4 is 17.5 Å². The maximum atomic E-state index is 13.7. The van der Waals surface area contributed by atoms with E-state index in [1.165, 1.54) is 6.33 Å². The van der Waals surface area contributed by atoms with Crippen LogP contribution in [0.5, 0.6) is 5.75 Å². The van der Waals surface area contributed by atoms with E-state index in [1.807, 2.05) is 87.5 Å². The van der Waals surface area contributed by atoms with Crippen LogP contribution in [0.15, 0.2) is 90.4 Å². The average Bonchev–Trinajstić information content (AvgIpc) is 3.32. The number of aromatic nitrogens is 3. The van der Waals surface area contributed by atoms with Gasteiger partial charge in [-0.2, -0.15) is 10.1 Å². The van der Waals surface area contributed by atoms with Gasteiger partial charge >= 0.3 is 0 Å². The molecular weight excluding hydrogens is 438 g/mol. The van der Waals surface area contributed by atoms with E-state index in [9.17, 15) is 4.79 Å². The zero-order chi connectivity index (χ0) is 24.4. The number of rotatable bonds is 6. The molecule has 2 heterocycles. The SMILES string of the molecule is CC1=C(C(=O)Nc2ccc(C)cc2C)[C@@H](c2ccccc2OCc2ccccc2)n2ncnc2N1. The van der Waals surface area contributed by atoms with Gasteiger partial charge in [-0.3, -0.25) is 4.79 Å². The molecule has 0 bridgehead atoms. The molecule has 4 aromatic rings. The van der Waals surface area contributed by atoms with Crippen molar-refractivity contribution in [3.05, 3.63) is 113 Å². The molecule has 7 heteroatoms. The first-order valence-electron chi connectivity index (χ1n) is 11.5. The van der Waals surface area contributed by atoms with Gasteiger partial charge in [0.1, 0.15) is 24.7 Å². The summed E-state index contributed by atoms with van der Waals surface area (Å²) in [4.78, 5) is 18.1. The Balaban J connectivity index is 1.53. The molecule has 35 heavy (non-hydrogen) atoms. The average molecular weight is 466 g/mol. The molecule has 3 aromatic carbocycles. The zero-order valence-electron chi connectivity index (χ0n) is 19.9. The molecular formula is C28H27N5O2. The number of amides is 1. The first kappa shape index (κ1) is 22.4. The van der Waals surface area contributed by atoms with Gasteiger partial charge in [-0.15, -0.1) is 0 Å². The minimum absolute atomic E-state index is 0.203. The minimum atomic E-state index is -0.508. The zero-order valence-corrected chi connectivity index (χ0v) is 19.9. The predicted octanol–water partition coefficient (Wildman–Crippen LogP) is 5.40. The van der Waals surface area contributed by atoms with E-state index < -0.39 is 6.04 Å². The highest BCUT2D eigenvalue weighted by Crippen LogP contribution is 2.39. The molecule has 0 saturated heterocycles. The largest absolute Gasteiger partial charge is 0.489 e. The van der Waals surface area contributed by atoms with E-state index in [4.69, 9.17) is 4.74 Å². The third-order valence-electron chi connectivity index (χ3n) is 6.12. The number of nitrogens with one attached hydrogen (secondary N) is 2. The van der Waals surface area contributed by atoms with Gasteiger partial charge in [0.05, 0.1) is 5.57 Å². The highest BCUT2D eigenvalue weighted by Gasteiger charge is 2.35. The number of hydrogen-bond donors (Lipinski definition) is 2. The number of para-hydroxylation sites is 1. The van der Waals surface area contributed by atoms with Crippen LogP contribution in [0.1, 0.15) is 35.2 Å². The van der Waals surface area contributed by atoms with Crippen molar-refractivity contribution in [3.8, 4) is 5.75 Å². The number of fused-ring (bicyclic) bond motifs is 1. The Kier molecular flexibility index (Phi) is 6.06.